The monoisotopic (exact) mass is 437 g/mol. The second-order valence-corrected chi connectivity index (χ2v) is 8.24. The largest absolute Gasteiger partial charge is 0.378 e. The Morgan fingerprint density at radius 3 is 2.32 bits per heavy atom. The minimum Gasteiger partial charge on any atom is -0.378 e. The lowest BCUT2D eigenvalue weighted by Gasteiger charge is -2.37. The van der Waals surface area contributed by atoms with Crippen molar-refractivity contribution in [2.75, 3.05) is 67.1 Å². The van der Waals surface area contributed by atoms with Gasteiger partial charge in [-0.15, -0.1) is 0 Å². The topological polar surface area (TPSA) is 60.4 Å². The average molecular weight is 438 g/mol. The van der Waals surface area contributed by atoms with E-state index in [0.29, 0.717) is 51.9 Å². The van der Waals surface area contributed by atoms with Gasteiger partial charge in [0.25, 0.3) is 0 Å². The van der Waals surface area contributed by atoms with E-state index in [1.165, 1.54) is 18.2 Å². The first-order valence-corrected chi connectivity index (χ1v) is 10.8. The van der Waals surface area contributed by atoms with Crippen molar-refractivity contribution in [3.05, 3.63) is 35.4 Å². The molecule has 1 atom stereocenters. The van der Waals surface area contributed by atoms with Crippen LogP contribution in [0.3, 0.4) is 0 Å². The fourth-order valence-electron chi connectivity index (χ4n) is 4.27. The fraction of sp³-hybridized carbons (Fsp3) is 0.636. The van der Waals surface area contributed by atoms with E-state index < -0.39 is 17.7 Å². The molecule has 0 aliphatic carbocycles. The molecule has 172 valence electrons. The summed E-state index contributed by atoms with van der Waals surface area (Å²) in [7, 11) is 5.29. The molecule has 31 heavy (non-hydrogen) atoms. The maximum absolute atomic E-state index is 14.3. The number of carbonyl (C=O) groups excluding carboxylic acids is 1. The van der Waals surface area contributed by atoms with Gasteiger partial charge in [-0.25, -0.2) is 8.78 Å². The van der Waals surface area contributed by atoms with E-state index >= 15 is 0 Å². The van der Waals surface area contributed by atoms with Crippen LogP contribution in [0.1, 0.15) is 24.4 Å². The minimum absolute atomic E-state index is 0.0227. The Bertz CT molecular complexity index is 755. The number of nitrogens with zero attached hydrogens (tertiary/aromatic N) is 4. The van der Waals surface area contributed by atoms with Crippen LogP contribution in [0.25, 0.3) is 0 Å². The minimum atomic E-state index is -0.557. The quantitative estimate of drug-likeness (QED) is 0.562. The van der Waals surface area contributed by atoms with Crippen molar-refractivity contribution in [3.63, 3.8) is 0 Å². The molecular formula is C22H33F2N5O2. The third-order valence-electron chi connectivity index (χ3n) is 6.09. The van der Waals surface area contributed by atoms with Crippen molar-refractivity contribution in [1.29, 1.82) is 0 Å². The maximum Gasteiger partial charge on any atom is 0.225 e. The molecular weight excluding hydrogens is 404 g/mol. The zero-order chi connectivity index (χ0) is 22.4. The van der Waals surface area contributed by atoms with Crippen molar-refractivity contribution in [1.82, 2.24) is 20.0 Å². The number of nitrogens with one attached hydrogen (secondary N) is 1. The van der Waals surface area contributed by atoms with Crippen molar-refractivity contribution in [3.8, 4) is 0 Å². The number of piperidine rings is 1. The van der Waals surface area contributed by atoms with Gasteiger partial charge >= 0.3 is 0 Å². The molecule has 2 saturated heterocycles. The second-order valence-electron chi connectivity index (χ2n) is 8.24. The van der Waals surface area contributed by atoms with Crippen LogP contribution in [0.5, 0.6) is 0 Å². The van der Waals surface area contributed by atoms with Crippen LogP contribution in [0, 0.1) is 17.6 Å². The summed E-state index contributed by atoms with van der Waals surface area (Å²) in [5.41, 5.74) is 0.0465. The Morgan fingerprint density at radius 1 is 1.16 bits per heavy atom. The Morgan fingerprint density at radius 2 is 1.77 bits per heavy atom. The van der Waals surface area contributed by atoms with Crippen LogP contribution >= 0.6 is 0 Å². The van der Waals surface area contributed by atoms with Gasteiger partial charge in [0.2, 0.25) is 5.91 Å². The Hall–Kier alpha value is -2.26. The van der Waals surface area contributed by atoms with Crippen molar-refractivity contribution < 1.29 is 18.3 Å². The highest BCUT2D eigenvalue weighted by molar-refractivity contribution is 5.81. The number of aliphatic imine (C=N–C) groups is 1. The molecule has 0 aromatic heterocycles. The first-order valence-electron chi connectivity index (χ1n) is 10.8. The molecule has 1 amide bonds. The van der Waals surface area contributed by atoms with Crippen LogP contribution < -0.4 is 5.32 Å². The summed E-state index contributed by atoms with van der Waals surface area (Å²) in [5, 5.41) is 3.27. The molecule has 0 radical (unpaired) electrons. The van der Waals surface area contributed by atoms with Gasteiger partial charge in [0.1, 0.15) is 11.6 Å². The summed E-state index contributed by atoms with van der Waals surface area (Å²) in [6.07, 6.45) is 1.52. The highest BCUT2D eigenvalue weighted by atomic mass is 19.1. The highest BCUT2D eigenvalue weighted by Crippen LogP contribution is 2.24. The van der Waals surface area contributed by atoms with Gasteiger partial charge in [-0.1, -0.05) is 6.07 Å². The molecule has 2 fully saturated rings. The number of ether oxygens (including phenoxy) is 1. The van der Waals surface area contributed by atoms with E-state index in [0.717, 1.165) is 12.8 Å². The Balaban J connectivity index is 1.57. The van der Waals surface area contributed by atoms with Gasteiger partial charge in [0.15, 0.2) is 5.96 Å². The van der Waals surface area contributed by atoms with Crippen LogP contribution in [-0.4, -0.2) is 93.6 Å². The number of benzene rings is 1. The molecule has 2 aliphatic heterocycles. The number of carbonyl (C=O) groups is 1. The number of guanidine groups is 1. The van der Waals surface area contributed by atoms with E-state index in [-0.39, 0.29) is 17.4 Å². The number of likely N-dealkylation sites (N-methyl/N-ethyl adjacent to an activating group) is 1. The lowest BCUT2D eigenvalue weighted by atomic mass is 9.95. The molecule has 2 heterocycles. The number of hydrogen-bond donors (Lipinski definition) is 1. The molecule has 1 N–H and O–H groups in total. The van der Waals surface area contributed by atoms with Crippen molar-refractivity contribution >= 4 is 11.9 Å². The molecule has 9 heteroatoms. The maximum atomic E-state index is 14.3. The summed E-state index contributed by atoms with van der Waals surface area (Å²) in [5.74, 6) is -0.195. The fourth-order valence-corrected chi connectivity index (χ4v) is 4.27. The normalized spacial score (nSPS) is 19.6. The number of halogens is 2. The van der Waals surface area contributed by atoms with Gasteiger partial charge in [-0.3, -0.25) is 9.79 Å². The summed E-state index contributed by atoms with van der Waals surface area (Å²) >= 11 is 0. The smallest absolute Gasteiger partial charge is 0.225 e. The van der Waals surface area contributed by atoms with E-state index in [1.807, 2.05) is 4.90 Å². The van der Waals surface area contributed by atoms with E-state index in [2.05, 4.69) is 15.2 Å². The summed E-state index contributed by atoms with van der Waals surface area (Å²) < 4.78 is 34.0. The molecule has 1 aromatic rings. The first-order chi connectivity index (χ1) is 14.9. The lowest BCUT2D eigenvalue weighted by molar-refractivity contribution is -0.140. The second kappa shape index (κ2) is 10.9. The summed E-state index contributed by atoms with van der Waals surface area (Å²) in [6.45, 7) is 4.28. The highest BCUT2D eigenvalue weighted by Gasteiger charge is 2.31. The van der Waals surface area contributed by atoms with Crippen LogP contribution in [0.2, 0.25) is 0 Å². The number of likely N-dealkylation sites (tertiary alicyclic amines) is 1. The molecule has 0 bridgehead atoms. The van der Waals surface area contributed by atoms with E-state index in [9.17, 15) is 13.6 Å². The molecule has 1 unspecified atom stereocenters. The number of rotatable bonds is 5. The van der Waals surface area contributed by atoms with Crippen LogP contribution in [0.4, 0.5) is 8.78 Å². The van der Waals surface area contributed by atoms with Gasteiger partial charge in [0.05, 0.1) is 19.3 Å². The zero-order valence-electron chi connectivity index (χ0n) is 18.6. The standard InChI is InChI=1S/C22H33F2N5O2/c1-25-22(26-15-19(27(2)3)20-17(23)5-4-6-18(20)24)29-9-7-16(8-10-29)21(30)28-11-13-31-14-12-28/h4-6,16,19H,7-15H2,1-3H3,(H,25,26). The average Bonchev–Trinajstić information content (AvgIpc) is 2.78. The number of hydrogen-bond acceptors (Lipinski definition) is 4. The molecule has 2 aliphatic rings. The third-order valence-corrected chi connectivity index (χ3v) is 6.09. The number of morpholine rings is 1. The van der Waals surface area contributed by atoms with Crippen molar-refractivity contribution in [2.45, 2.75) is 18.9 Å². The van der Waals surface area contributed by atoms with Gasteiger partial charge < -0.3 is 24.8 Å². The lowest BCUT2D eigenvalue weighted by Crippen LogP contribution is -2.50. The number of amides is 1. The molecule has 1 aromatic carbocycles. The SMILES string of the molecule is CN=C(NCC(c1c(F)cccc1F)N(C)C)N1CCC(C(=O)N2CCOCC2)CC1. The van der Waals surface area contributed by atoms with Gasteiger partial charge in [-0.05, 0) is 39.1 Å². The van der Waals surface area contributed by atoms with Crippen LogP contribution in [0.15, 0.2) is 23.2 Å². The van der Waals surface area contributed by atoms with E-state index in [4.69, 9.17) is 4.74 Å². The van der Waals surface area contributed by atoms with E-state index in [1.54, 1.807) is 26.0 Å². The zero-order valence-corrected chi connectivity index (χ0v) is 18.6. The van der Waals surface area contributed by atoms with Gasteiger partial charge in [0, 0.05) is 51.3 Å². The summed E-state index contributed by atoms with van der Waals surface area (Å²) in [4.78, 5) is 22.9. The van der Waals surface area contributed by atoms with Crippen molar-refractivity contribution in [2.24, 2.45) is 10.9 Å². The molecule has 7 nitrogen and oxygen atoms in total. The first kappa shape index (κ1) is 23.4. The van der Waals surface area contributed by atoms with Crippen LogP contribution in [-0.2, 0) is 9.53 Å². The molecule has 3 rings (SSSR count). The van der Waals surface area contributed by atoms with Gasteiger partial charge in [-0.2, -0.15) is 0 Å². The molecule has 0 spiro atoms. The third kappa shape index (κ3) is 5.71. The predicted molar refractivity (Wildman–Crippen MR) is 116 cm³/mol. The molecule has 0 saturated carbocycles. The predicted octanol–water partition coefficient (Wildman–Crippen LogP) is 1.71. The Labute approximate surface area is 183 Å². The Kier molecular flexibility index (Phi) is 8.20. The summed E-state index contributed by atoms with van der Waals surface area (Å²) in [6, 6.07) is 3.44.